The van der Waals surface area contributed by atoms with Crippen LogP contribution in [0.4, 0.5) is 11.5 Å². The lowest BCUT2D eigenvalue weighted by Gasteiger charge is -2.08. The average molecular weight is 259 g/mol. The summed E-state index contributed by atoms with van der Waals surface area (Å²) in [6.07, 6.45) is 2.85. The molecule has 0 atom stereocenters. The van der Waals surface area contributed by atoms with E-state index in [9.17, 15) is 4.79 Å². The maximum absolute atomic E-state index is 11.0. The van der Waals surface area contributed by atoms with Crippen LogP contribution in [0.5, 0.6) is 0 Å². The van der Waals surface area contributed by atoms with Crippen LogP contribution in [0.1, 0.15) is 12.8 Å². The average Bonchev–Trinajstić information content (AvgIpc) is 2.42. The first kappa shape index (κ1) is 13.1. The smallest absolute Gasteiger partial charge is 0.305 e. The molecule has 0 saturated carbocycles. The van der Waals surface area contributed by atoms with Crippen LogP contribution in [0.2, 0.25) is 0 Å². The van der Waals surface area contributed by atoms with E-state index in [2.05, 4.69) is 15.0 Å². The van der Waals surface area contributed by atoms with Crippen LogP contribution >= 0.6 is 0 Å². The van der Waals surface area contributed by atoms with E-state index in [1.54, 1.807) is 6.20 Å². The summed E-state index contributed by atoms with van der Waals surface area (Å²) < 4.78 is 4.59. The summed E-state index contributed by atoms with van der Waals surface area (Å²) in [4.78, 5) is 15.3. The molecule has 5 heteroatoms. The fraction of sp³-hybridized carbons (Fsp3) is 0.286. The zero-order chi connectivity index (χ0) is 13.7. The number of esters is 1. The number of nitrogen functional groups attached to an aromatic ring is 1. The van der Waals surface area contributed by atoms with E-state index in [0.717, 1.165) is 22.3 Å². The minimum Gasteiger partial charge on any atom is -0.469 e. The Bertz CT molecular complexity index is 584. The van der Waals surface area contributed by atoms with E-state index in [1.807, 2.05) is 24.3 Å². The molecule has 1 aromatic carbocycles. The van der Waals surface area contributed by atoms with Gasteiger partial charge in [0.2, 0.25) is 0 Å². The summed E-state index contributed by atoms with van der Waals surface area (Å²) in [7, 11) is 1.40. The van der Waals surface area contributed by atoms with Gasteiger partial charge in [0.05, 0.1) is 7.11 Å². The number of hydrogen-bond donors (Lipinski definition) is 2. The van der Waals surface area contributed by atoms with Gasteiger partial charge in [-0.15, -0.1) is 0 Å². The van der Waals surface area contributed by atoms with Crippen LogP contribution < -0.4 is 11.1 Å². The van der Waals surface area contributed by atoms with Gasteiger partial charge in [0.1, 0.15) is 5.82 Å². The van der Waals surface area contributed by atoms with E-state index >= 15 is 0 Å². The van der Waals surface area contributed by atoms with Crippen molar-refractivity contribution >= 4 is 28.2 Å². The van der Waals surface area contributed by atoms with Crippen molar-refractivity contribution in [3.8, 4) is 0 Å². The molecule has 0 aliphatic rings. The van der Waals surface area contributed by atoms with Crippen molar-refractivity contribution in [1.82, 2.24) is 4.98 Å². The van der Waals surface area contributed by atoms with Gasteiger partial charge in [-0.1, -0.05) is 0 Å². The Labute approximate surface area is 111 Å². The predicted molar refractivity (Wildman–Crippen MR) is 75.9 cm³/mol. The quantitative estimate of drug-likeness (QED) is 0.489. The number of rotatable bonds is 5. The normalized spacial score (nSPS) is 10.4. The molecule has 2 rings (SSSR count). The topological polar surface area (TPSA) is 77.2 Å². The Morgan fingerprint density at radius 1 is 1.42 bits per heavy atom. The second-order valence-electron chi connectivity index (χ2n) is 4.25. The number of fused-ring (bicyclic) bond motifs is 1. The van der Waals surface area contributed by atoms with E-state index in [4.69, 9.17) is 5.73 Å². The molecule has 100 valence electrons. The van der Waals surface area contributed by atoms with Crippen LogP contribution in [-0.2, 0) is 9.53 Å². The van der Waals surface area contributed by atoms with Crippen molar-refractivity contribution in [3.05, 3.63) is 30.5 Å². The van der Waals surface area contributed by atoms with E-state index in [1.165, 1.54) is 7.11 Å². The molecule has 3 N–H and O–H groups in total. The third-order valence-electron chi connectivity index (χ3n) is 2.87. The van der Waals surface area contributed by atoms with Crippen molar-refractivity contribution in [2.45, 2.75) is 12.8 Å². The van der Waals surface area contributed by atoms with Crippen molar-refractivity contribution in [1.29, 1.82) is 0 Å². The molecule has 0 amide bonds. The first-order chi connectivity index (χ1) is 9.20. The monoisotopic (exact) mass is 259 g/mol. The van der Waals surface area contributed by atoms with E-state index < -0.39 is 0 Å². The van der Waals surface area contributed by atoms with E-state index in [-0.39, 0.29) is 5.97 Å². The van der Waals surface area contributed by atoms with Gasteiger partial charge in [-0.05, 0) is 36.1 Å². The highest BCUT2D eigenvalue weighted by Gasteiger charge is 2.03. The first-order valence-corrected chi connectivity index (χ1v) is 6.15. The lowest BCUT2D eigenvalue weighted by molar-refractivity contribution is -0.140. The molecule has 1 aromatic heterocycles. The van der Waals surface area contributed by atoms with Crippen molar-refractivity contribution in [3.63, 3.8) is 0 Å². The van der Waals surface area contributed by atoms with Crippen LogP contribution in [0, 0.1) is 0 Å². The maximum Gasteiger partial charge on any atom is 0.305 e. The molecule has 0 spiro atoms. The molecule has 19 heavy (non-hydrogen) atoms. The molecule has 0 fully saturated rings. The molecule has 0 radical (unpaired) electrons. The Balaban J connectivity index is 2.02. The van der Waals surface area contributed by atoms with Gasteiger partial charge in [0.25, 0.3) is 0 Å². The van der Waals surface area contributed by atoms with Crippen molar-refractivity contribution < 1.29 is 9.53 Å². The lowest BCUT2D eigenvalue weighted by atomic mass is 10.1. The molecular formula is C14H17N3O2. The number of nitrogens with zero attached hydrogens (tertiary/aromatic N) is 1. The highest BCUT2D eigenvalue weighted by Crippen LogP contribution is 2.22. The number of ether oxygens (including phenoxy) is 1. The van der Waals surface area contributed by atoms with Gasteiger partial charge in [-0.3, -0.25) is 4.79 Å². The Kier molecular flexibility index (Phi) is 4.18. The number of methoxy groups -OCH3 is 1. The number of nitrogens with two attached hydrogens (primary N) is 1. The summed E-state index contributed by atoms with van der Waals surface area (Å²) in [5.41, 5.74) is 6.48. The first-order valence-electron chi connectivity index (χ1n) is 6.15. The molecule has 5 nitrogen and oxygen atoms in total. The van der Waals surface area contributed by atoms with Crippen molar-refractivity contribution in [2.75, 3.05) is 24.7 Å². The van der Waals surface area contributed by atoms with Crippen LogP contribution in [0.25, 0.3) is 10.8 Å². The van der Waals surface area contributed by atoms with Gasteiger partial charge in [0, 0.05) is 30.2 Å². The minimum atomic E-state index is -0.194. The number of nitrogens with one attached hydrogen (secondary N) is 1. The second kappa shape index (κ2) is 6.04. The number of benzene rings is 1. The SMILES string of the molecule is COC(=O)CCCNc1nccc2cc(N)ccc12. The summed E-state index contributed by atoms with van der Waals surface area (Å²) in [5, 5.41) is 5.30. The Hall–Kier alpha value is -2.30. The van der Waals surface area contributed by atoms with E-state index in [0.29, 0.717) is 19.4 Å². The highest BCUT2D eigenvalue weighted by molar-refractivity contribution is 5.93. The van der Waals surface area contributed by atoms with Crippen LogP contribution in [0.15, 0.2) is 30.5 Å². The Morgan fingerprint density at radius 3 is 3.05 bits per heavy atom. The van der Waals surface area contributed by atoms with Crippen molar-refractivity contribution in [2.24, 2.45) is 0 Å². The van der Waals surface area contributed by atoms with Gasteiger partial charge >= 0.3 is 5.97 Å². The molecule has 0 bridgehead atoms. The molecule has 1 heterocycles. The molecule has 0 unspecified atom stereocenters. The third-order valence-corrected chi connectivity index (χ3v) is 2.87. The predicted octanol–water partition coefficient (Wildman–Crippen LogP) is 2.18. The number of anilines is 2. The highest BCUT2D eigenvalue weighted by atomic mass is 16.5. The summed E-state index contributed by atoms with van der Waals surface area (Å²) in [6.45, 7) is 0.672. The largest absolute Gasteiger partial charge is 0.469 e. The van der Waals surface area contributed by atoms with Gasteiger partial charge < -0.3 is 15.8 Å². The number of pyridine rings is 1. The second-order valence-corrected chi connectivity index (χ2v) is 4.25. The number of carbonyl (C=O) groups is 1. The number of carbonyl (C=O) groups excluding carboxylic acids is 1. The van der Waals surface area contributed by atoms with Gasteiger partial charge in [0.15, 0.2) is 0 Å². The summed E-state index contributed by atoms with van der Waals surface area (Å²) in [6, 6.07) is 7.63. The molecule has 0 saturated heterocycles. The van der Waals surface area contributed by atoms with Crippen LogP contribution in [-0.4, -0.2) is 24.6 Å². The minimum absolute atomic E-state index is 0.194. The molecular weight excluding hydrogens is 242 g/mol. The summed E-state index contributed by atoms with van der Waals surface area (Å²) >= 11 is 0. The summed E-state index contributed by atoms with van der Waals surface area (Å²) in [5.74, 6) is 0.614. The standard InChI is InChI=1S/C14H17N3O2/c1-19-13(18)3-2-7-16-14-12-5-4-11(15)9-10(12)6-8-17-14/h4-6,8-9H,2-3,7,15H2,1H3,(H,16,17). The molecule has 0 aliphatic carbocycles. The van der Waals surface area contributed by atoms with Crippen LogP contribution in [0.3, 0.4) is 0 Å². The molecule has 2 aromatic rings. The van der Waals surface area contributed by atoms with Gasteiger partial charge in [-0.2, -0.15) is 0 Å². The number of hydrogen-bond acceptors (Lipinski definition) is 5. The number of aromatic nitrogens is 1. The Morgan fingerprint density at radius 2 is 2.26 bits per heavy atom. The maximum atomic E-state index is 11.0. The third kappa shape index (κ3) is 3.34. The zero-order valence-electron chi connectivity index (χ0n) is 10.8. The zero-order valence-corrected chi connectivity index (χ0v) is 10.8. The lowest BCUT2D eigenvalue weighted by Crippen LogP contribution is -2.07. The molecule has 0 aliphatic heterocycles. The fourth-order valence-electron chi connectivity index (χ4n) is 1.88. The fourth-order valence-corrected chi connectivity index (χ4v) is 1.88. The van der Waals surface area contributed by atoms with Gasteiger partial charge in [-0.25, -0.2) is 4.98 Å².